The number of nitrogens with one attached hydrogen (secondary N) is 1. The molecule has 1 rings (SSSR count). The van der Waals surface area contributed by atoms with E-state index >= 15 is 0 Å². The molecule has 0 saturated heterocycles. The zero-order valence-corrected chi connectivity index (χ0v) is 9.48. The number of amides is 1. The van der Waals surface area contributed by atoms with Gasteiger partial charge in [-0.05, 0) is 24.1 Å². The van der Waals surface area contributed by atoms with Gasteiger partial charge in [0.15, 0.2) is 0 Å². The van der Waals surface area contributed by atoms with Crippen molar-refractivity contribution in [3.8, 4) is 0 Å². The Balaban J connectivity index is 2.44. The molecule has 1 amide bonds. The molecule has 4 heteroatoms. The molecule has 2 N–H and O–H groups in total. The molecule has 0 aliphatic rings. The van der Waals surface area contributed by atoms with E-state index in [1.165, 1.54) is 12.1 Å². The summed E-state index contributed by atoms with van der Waals surface area (Å²) in [5, 5.41) is 11.5. The summed E-state index contributed by atoms with van der Waals surface area (Å²) in [5.74, 6) is -0.987. The Kier molecular flexibility index (Phi) is 4.94. The summed E-state index contributed by atoms with van der Waals surface area (Å²) in [5.41, 5.74) is 1.12. The molecule has 0 fully saturated rings. The number of hydrogen-bond donors (Lipinski definition) is 2. The third kappa shape index (κ3) is 4.51. The zero-order chi connectivity index (χ0) is 12.7. The van der Waals surface area contributed by atoms with Gasteiger partial charge >= 0.3 is 5.97 Å². The Labute approximate surface area is 100.0 Å². The Morgan fingerprint density at radius 1 is 1.29 bits per heavy atom. The van der Waals surface area contributed by atoms with Crippen LogP contribution in [0.1, 0.15) is 28.8 Å². The number of allylic oxidation sites excluding steroid dienone is 1. The second-order valence-electron chi connectivity index (χ2n) is 3.61. The van der Waals surface area contributed by atoms with Crippen molar-refractivity contribution in [3.63, 3.8) is 0 Å². The van der Waals surface area contributed by atoms with E-state index in [1.54, 1.807) is 18.2 Å². The SMILES string of the molecule is C=CCCC(=O)NCc1ccc(C(=O)O)cc1. The number of carbonyl (C=O) groups excluding carboxylic acids is 1. The summed E-state index contributed by atoms with van der Waals surface area (Å²) >= 11 is 0. The first-order valence-electron chi connectivity index (χ1n) is 5.33. The lowest BCUT2D eigenvalue weighted by molar-refractivity contribution is -0.121. The lowest BCUT2D eigenvalue weighted by Gasteiger charge is -2.04. The second-order valence-corrected chi connectivity index (χ2v) is 3.61. The number of carboxylic acids is 1. The van der Waals surface area contributed by atoms with Crippen LogP contribution in [0.2, 0.25) is 0 Å². The van der Waals surface area contributed by atoms with E-state index in [2.05, 4.69) is 11.9 Å². The number of benzene rings is 1. The second kappa shape index (κ2) is 6.48. The largest absolute Gasteiger partial charge is 0.478 e. The lowest BCUT2D eigenvalue weighted by atomic mass is 10.1. The summed E-state index contributed by atoms with van der Waals surface area (Å²) < 4.78 is 0. The van der Waals surface area contributed by atoms with Gasteiger partial charge in [-0.3, -0.25) is 4.79 Å². The molecule has 0 aromatic heterocycles. The monoisotopic (exact) mass is 233 g/mol. The van der Waals surface area contributed by atoms with Gasteiger partial charge in [0.1, 0.15) is 0 Å². The molecule has 1 aromatic rings. The highest BCUT2D eigenvalue weighted by Crippen LogP contribution is 2.04. The van der Waals surface area contributed by atoms with Crippen LogP contribution in [-0.2, 0) is 11.3 Å². The van der Waals surface area contributed by atoms with Gasteiger partial charge in [0, 0.05) is 13.0 Å². The minimum absolute atomic E-state index is 0.0350. The van der Waals surface area contributed by atoms with E-state index in [-0.39, 0.29) is 11.5 Å². The van der Waals surface area contributed by atoms with Crippen molar-refractivity contribution in [2.45, 2.75) is 19.4 Å². The molecule has 0 atom stereocenters. The summed E-state index contributed by atoms with van der Waals surface area (Å²) in [6, 6.07) is 6.43. The van der Waals surface area contributed by atoms with Crippen LogP contribution in [0.25, 0.3) is 0 Å². The average Bonchev–Trinajstić information content (AvgIpc) is 2.34. The number of carboxylic acid groups (broad SMARTS) is 1. The molecule has 0 spiro atoms. The highest BCUT2D eigenvalue weighted by molar-refractivity contribution is 5.87. The Morgan fingerprint density at radius 3 is 2.47 bits per heavy atom. The number of rotatable bonds is 6. The van der Waals surface area contributed by atoms with Crippen LogP contribution in [0.4, 0.5) is 0 Å². The summed E-state index contributed by atoms with van der Waals surface area (Å²) in [4.78, 5) is 21.9. The van der Waals surface area contributed by atoms with Gasteiger partial charge in [0.2, 0.25) is 5.91 Å². The Bertz CT molecular complexity index is 409. The third-order valence-corrected chi connectivity index (χ3v) is 2.27. The maximum Gasteiger partial charge on any atom is 0.335 e. The first kappa shape index (κ1) is 13.0. The van der Waals surface area contributed by atoms with Gasteiger partial charge in [-0.25, -0.2) is 4.79 Å². The Hall–Kier alpha value is -2.10. The van der Waals surface area contributed by atoms with Gasteiger partial charge < -0.3 is 10.4 Å². The molecule has 17 heavy (non-hydrogen) atoms. The van der Waals surface area contributed by atoms with Gasteiger partial charge in [0.25, 0.3) is 0 Å². The molecule has 0 bridgehead atoms. The molecule has 4 nitrogen and oxygen atoms in total. The minimum atomic E-state index is -0.952. The van der Waals surface area contributed by atoms with Gasteiger partial charge in [-0.15, -0.1) is 6.58 Å². The molecule has 0 aliphatic heterocycles. The van der Waals surface area contributed by atoms with Crippen molar-refractivity contribution in [1.29, 1.82) is 0 Å². The quantitative estimate of drug-likeness (QED) is 0.738. The smallest absolute Gasteiger partial charge is 0.335 e. The van der Waals surface area contributed by atoms with E-state index < -0.39 is 5.97 Å². The van der Waals surface area contributed by atoms with Crippen molar-refractivity contribution in [3.05, 3.63) is 48.0 Å². The highest BCUT2D eigenvalue weighted by Gasteiger charge is 2.03. The Morgan fingerprint density at radius 2 is 1.94 bits per heavy atom. The maximum absolute atomic E-state index is 11.3. The van der Waals surface area contributed by atoms with E-state index in [0.717, 1.165) is 5.56 Å². The lowest BCUT2D eigenvalue weighted by Crippen LogP contribution is -2.22. The van der Waals surface area contributed by atoms with E-state index in [4.69, 9.17) is 5.11 Å². The van der Waals surface area contributed by atoms with Crippen LogP contribution >= 0.6 is 0 Å². The average molecular weight is 233 g/mol. The number of aromatic carboxylic acids is 1. The molecule has 0 radical (unpaired) electrons. The van der Waals surface area contributed by atoms with E-state index in [1.807, 2.05) is 0 Å². The fourth-order valence-corrected chi connectivity index (χ4v) is 1.29. The van der Waals surface area contributed by atoms with Crippen LogP contribution in [0, 0.1) is 0 Å². The summed E-state index contributed by atoms with van der Waals surface area (Å²) in [6.07, 6.45) is 2.78. The van der Waals surface area contributed by atoms with Crippen LogP contribution in [-0.4, -0.2) is 17.0 Å². The van der Waals surface area contributed by atoms with Crippen molar-refractivity contribution >= 4 is 11.9 Å². The van der Waals surface area contributed by atoms with Crippen LogP contribution in [0.5, 0.6) is 0 Å². The molecule has 1 aromatic carbocycles. The van der Waals surface area contributed by atoms with E-state index in [0.29, 0.717) is 19.4 Å². The van der Waals surface area contributed by atoms with Gasteiger partial charge in [0.05, 0.1) is 5.56 Å². The third-order valence-electron chi connectivity index (χ3n) is 2.27. The fraction of sp³-hybridized carbons (Fsp3) is 0.231. The van der Waals surface area contributed by atoms with Crippen LogP contribution < -0.4 is 5.32 Å². The van der Waals surface area contributed by atoms with Crippen molar-refractivity contribution < 1.29 is 14.7 Å². The molecule has 0 unspecified atom stereocenters. The predicted molar refractivity (Wildman–Crippen MR) is 64.7 cm³/mol. The normalized spacial score (nSPS) is 9.65. The van der Waals surface area contributed by atoms with Crippen molar-refractivity contribution in [2.24, 2.45) is 0 Å². The summed E-state index contributed by atoms with van der Waals surface area (Å²) in [6.45, 7) is 3.95. The highest BCUT2D eigenvalue weighted by atomic mass is 16.4. The number of carbonyl (C=O) groups is 2. The molecular formula is C13H15NO3. The maximum atomic E-state index is 11.3. The van der Waals surface area contributed by atoms with Gasteiger partial charge in [-0.1, -0.05) is 18.2 Å². The fourth-order valence-electron chi connectivity index (χ4n) is 1.29. The molecule has 0 saturated carbocycles. The molecule has 0 heterocycles. The van der Waals surface area contributed by atoms with Crippen molar-refractivity contribution in [1.82, 2.24) is 5.32 Å². The minimum Gasteiger partial charge on any atom is -0.478 e. The zero-order valence-electron chi connectivity index (χ0n) is 9.48. The molecule has 90 valence electrons. The first-order chi connectivity index (χ1) is 8.13. The van der Waals surface area contributed by atoms with Crippen LogP contribution in [0.15, 0.2) is 36.9 Å². The van der Waals surface area contributed by atoms with E-state index in [9.17, 15) is 9.59 Å². The summed E-state index contributed by atoms with van der Waals surface area (Å²) in [7, 11) is 0. The topological polar surface area (TPSA) is 66.4 Å². The molecule has 0 aliphatic carbocycles. The van der Waals surface area contributed by atoms with Crippen molar-refractivity contribution in [2.75, 3.05) is 0 Å². The standard InChI is InChI=1S/C13H15NO3/c1-2-3-4-12(15)14-9-10-5-7-11(8-6-10)13(16)17/h2,5-8H,1,3-4,9H2,(H,14,15)(H,16,17). The number of hydrogen-bond acceptors (Lipinski definition) is 2. The first-order valence-corrected chi connectivity index (χ1v) is 5.33. The van der Waals surface area contributed by atoms with Gasteiger partial charge in [-0.2, -0.15) is 0 Å². The molecular weight excluding hydrogens is 218 g/mol. The van der Waals surface area contributed by atoms with Crippen LogP contribution in [0.3, 0.4) is 0 Å². The predicted octanol–water partition coefficient (Wildman–Crippen LogP) is 1.97.